The third-order valence-corrected chi connectivity index (χ3v) is 4.89. The summed E-state index contributed by atoms with van der Waals surface area (Å²) in [4.78, 5) is 12.3. The summed E-state index contributed by atoms with van der Waals surface area (Å²) in [6.45, 7) is 0. The van der Waals surface area contributed by atoms with Crippen molar-refractivity contribution in [2.24, 2.45) is 0 Å². The topological polar surface area (TPSA) is 35.5 Å². The molecule has 0 bridgehead atoms. The van der Waals surface area contributed by atoms with Crippen LogP contribution >= 0.6 is 0 Å². The van der Waals surface area contributed by atoms with Crippen LogP contribution in [0.15, 0.2) is 91.0 Å². The molecule has 0 unspecified atom stereocenters. The molecule has 0 aromatic heterocycles. The molecule has 0 atom stereocenters. The summed E-state index contributed by atoms with van der Waals surface area (Å²) in [5, 5.41) is 0. The molecule has 0 saturated heterocycles. The Labute approximate surface area is 183 Å². The molecule has 3 heteroatoms. The molecule has 0 heterocycles. The van der Waals surface area contributed by atoms with Crippen LogP contribution in [0.3, 0.4) is 0 Å². The van der Waals surface area contributed by atoms with Crippen molar-refractivity contribution < 1.29 is 14.3 Å². The van der Waals surface area contributed by atoms with Gasteiger partial charge in [-0.1, -0.05) is 96.6 Å². The molecule has 0 spiro atoms. The monoisotopic (exact) mass is 406 g/mol. The van der Waals surface area contributed by atoms with E-state index < -0.39 is 11.6 Å². The van der Waals surface area contributed by atoms with E-state index in [9.17, 15) is 4.79 Å². The van der Waals surface area contributed by atoms with Gasteiger partial charge in [-0.3, -0.25) is 0 Å². The fourth-order valence-electron chi connectivity index (χ4n) is 3.37. The zero-order valence-electron chi connectivity index (χ0n) is 17.5. The molecule has 0 radical (unpaired) electrons. The molecule has 3 aromatic rings. The van der Waals surface area contributed by atoms with Gasteiger partial charge in [-0.05, 0) is 6.07 Å². The van der Waals surface area contributed by atoms with Crippen LogP contribution in [0.4, 0.5) is 0 Å². The van der Waals surface area contributed by atoms with E-state index >= 15 is 0 Å². The minimum Gasteiger partial charge on any atom is -0.465 e. The van der Waals surface area contributed by atoms with Crippen molar-refractivity contribution in [1.82, 2.24) is 0 Å². The number of esters is 1. The SMILES string of the molecule is C#C/C=C(/C#CC(OC)(c1ccccc1)c1ccccc1)c1ccccc1C(=O)OC. The van der Waals surface area contributed by atoms with E-state index in [2.05, 4.69) is 17.8 Å². The molecule has 152 valence electrons. The Hall–Kier alpha value is -4.05. The Bertz CT molecular complexity index is 1130. The molecule has 0 aliphatic heterocycles. The second kappa shape index (κ2) is 10.1. The first kappa shape index (κ1) is 21.7. The molecule has 0 fully saturated rings. The Morgan fingerprint density at radius 2 is 1.35 bits per heavy atom. The van der Waals surface area contributed by atoms with E-state index in [4.69, 9.17) is 15.9 Å². The van der Waals surface area contributed by atoms with Crippen molar-refractivity contribution in [2.45, 2.75) is 5.60 Å². The summed E-state index contributed by atoms with van der Waals surface area (Å²) in [7, 11) is 2.97. The number of rotatable bonds is 5. The molecule has 0 saturated carbocycles. The molecule has 0 N–H and O–H groups in total. The first-order chi connectivity index (χ1) is 15.2. The molecule has 3 nitrogen and oxygen atoms in total. The number of carbonyl (C=O) groups is 1. The average molecular weight is 406 g/mol. The van der Waals surface area contributed by atoms with Crippen LogP contribution in [0.2, 0.25) is 0 Å². The van der Waals surface area contributed by atoms with Crippen molar-refractivity contribution >= 4 is 11.5 Å². The van der Waals surface area contributed by atoms with E-state index in [1.54, 1.807) is 31.4 Å². The van der Waals surface area contributed by atoms with Gasteiger partial charge in [0.25, 0.3) is 0 Å². The Kier molecular flexibility index (Phi) is 7.07. The highest BCUT2D eigenvalue weighted by molar-refractivity contribution is 5.98. The maximum absolute atomic E-state index is 12.3. The molecule has 3 rings (SSSR count). The highest BCUT2D eigenvalue weighted by Gasteiger charge is 2.32. The van der Waals surface area contributed by atoms with Gasteiger partial charge in [0.1, 0.15) is 0 Å². The smallest absolute Gasteiger partial charge is 0.338 e. The Morgan fingerprint density at radius 3 is 1.84 bits per heavy atom. The van der Waals surface area contributed by atoms with Crippen molar-refractivity contribution in [2.75, 3.05) is 14.2 Å². The lowest BCUT2D eigenvalue weighted by Gasteiger charge is -2.28. The number of benzene rings is 3. The van der Waals surface area contributed by atoms with Crippen LogP contribution in [0.5, 0.6) is 0 Å². The standard InChI is InChI=1S/C28H22O3/c1-4-13-22(25-18-11-12-19-26(25)27(29)30-2)20-21-28(31-3,23-14-7-5-8-15-23)24-16-9-6-10-17-24/h1,5-19H,2-3H3/b22-13-. The number of methoxy groups -OCH3 is 2. The van der Waals surface area contributed by atoms with Crippen molar-refractivity contribution in [3.63, 3.8) is 0 Å². The van der Waals surface area contributed by atoms with Gasteiger partial charge in [0.15, 0.2) is 5.60 Å². The highest BCUT2D eigenvalue weighted by atomic mass is 16.5. The summed E-state index contributed by atoms with van der Waals surface area (Å²) in [6.07, 6.45) is 7.12. The molecule has 0 amide bonds. The van der Waals surface area contributed by atoms with E-state index in [0.717, 1.165) is 11.1 Å². The van der Waals surface area contributed by atoms with Crippen LogP contribution < -0.4 is 0 Å². The number of hydrogen-bond donors (Lipinski definition) is 0. The third kappa shape index (κ3) is 4.59. The van der Waals surface area contributed by atoms with Gasteiger partial charge >= 0.3 is 5.97 Å². The van der Waals surface area contributed by atoms with E-state index in [1.165, 1.54) is 7.11 Å². The quantitative estimate of drug-likeness (QED) is 0.438. The summed E-state index contributed by atoms with van der Waals surface area (Å²) < 4.78 is 10.9. The summed E-state index contributed by atoms with van der Waals surface area (Å²) in [5.74, 6) is 8.55. The molecular weight excluding hydrogens is 384 g/mol. The largest absolute Gasteiger partial charge is 0.465 e. The fraction of sp³-hybridized carbons (Fsp3) is 0.107. The van der Waals surface area contributed by atoms with Crippen LogP contribution in [0.1, 0.15) is 27.0 Å². The van der Waals surface area contributed by atoms with Crippen LogP contribution in [-0.2, 0) is 15.1 Å². The van der Waals surface area contributed by atoms with E-state index in [0.29, 0.717) is 16.7 Å². The minimum absolute atomic E-state index is 0.392. The van der Waals surface area contributed by atoms with Gasteiger partial charge in [0.05, 0.1) is 12.7 Å². The second-order valence-corrected chi connectivity index (χ2v) is 6.63. The number of allylic oxidation sites excluding steroid dienone is 2. The first-order valence-electron chi connectivity index (χ1n) is 9.69. The lowest BCUT2D eigenvalue weighted by molar-refractivity contribution is 0.0600. The second-order valence-electron chi connectivity index (χ2n) is 6.63. The molecule has 31 heavy (non-hydrogen) atoms. The first-order valence-corrected chi connectivity index (χ1v) is 9.69. The number of hydrogen-bond acceptors (Lipinski definition) is 3. The predicted molar refractivity (Wildman–Crippen MR) is 123 cm³/mol. The fourth-order valence-corrected chi connectivity index (χ4v) is 3.37. The molecule has 0 aliphatic rings. The van der Waals surface area contributed by atoms with Crippen molar-refractivity contribution in [3.8, 4) is 24.2 Å². The maximum Gasteiger partial charge on any atom is 0.338 e. The molecular formula is C28H22O3. The Morgan fingerprint density at radius 1 is 0.839 bits per heavy atom. The van der Waals surface area contributed by atoms with Crippen molar-refractivity contribution in [3.05, 3.63) is 113 Å². The Balaban J connectivity index is 2.22. The maximum atomic E-state index is 12.3. The zero-order chi connectivity index (χ0) is 22.1. The van der Waals surface area contributed by atoms with Crippen LogP contribution in [0.25, 0.3) is 5.57 Å². The summed E-state index contributed by atoms with van der Waals surface area (Å²) in [6, 6.07) is 26.6. The number of carbonyl (C=O) groups excluding carboxylic acids is 1. The van der Waals surface area contributed by atoms with Crippen molar-refractivity contribution in [1.29, 1.82) is 0 Å². The lowest BCUT2D eigenvalue weighted by Crippen LogP contribution is -2.28. The average Bonchev–Trinajstić information content (AvgIpc) is 2.85. The van der Waals surface area contributed by atoms with Crippen LogP contribution in [-0.4, -0.2) is 20.2 Å². The van der Waals surface area contributed by atoms with Gasteiger partial charge < -0.3 is 9.47 Å². The van der Waals surface area contributed by atoms with Gasteiger partial charge in [-0.2, -0.15) is 0 Å². The molecule has 0 aliphatic carbocycles. The third-order valence-electron chi connectivity index (χ3n) is 4.89. The molecule has 3 aromatic carbocycles. The zero-order valence-corrected chi connectivity index (χ0v) is 17.5. The minimum atomic E-state index is -1.02. The number of terminal acetylenes is 1. The predicted octanol–water partition coefficient (Wildman–Crippen LogP) is 5.08. The highest BCUT2D eigenvalue weighted by Crippen LogP contribution is 2.33. The number of ether oxygens (including phenoxy) is 2. The van der Waals surface area contributed by atoms with E-state index in [1.807, 2.05) is 66.7 Å². The lowest BCUT2D eigenvalue weighted by atomic mass is 9.86. The van der Waals surface area contributed by atoms with Gasteiger partial charge in [-0.15, -0.1) is 6.42 Å². The van der Waals surface area contributed by atoms with Gasteiger partial charge in [-0.25, -0.2) is 4.79 Å². The van der Waals surface area contributed by atoms with E-state index in [-0.39, 0.29) is 0 Å². The summed E-state index contributed by atoms with van der Waals surface area (Å²) >= 11 is 0. The van der Waals surface area contributed by atoms with Gasteiger partial charge in [0, 0.05) is 35.4 Å². The van der Waals surface area contributed by atoms with Gasteiger partial charge in [0.2, 0.25) is 0 Å². The summed E-state index contributed by atoms with van der Waals surface area (Å²) in [5.41, 5.74) is 2.28. The normalized spacial score (nSPS) is 11.1. The van der Waals surface area contributed by atoms with Crippen LogP contribution in [0, 0.1) is 24.2 Å².